The maximum atomic E-state index is 11.7. The third-order valence-corrected chi connectivity index (χ3v) is 11.4. The first kappa shape index (κ1) is 18.2. The SMILES string of the molecule is CO[C@@H]1C[C@H]2[C@@H]3CC[C@H](OC(C)=O)[C@@]3(CI)CC[C@@H]2[C@@]2(C)CC[C@@H]3C[C@]312. The number of rotatable bonds is 3. The second-order valence-corrected chi connectivity index (χ2v) is 11.1. The summed E-state index contributed by atoms with van der Waals surface area (Å²) < 4.78 is 13.2. The lowest BCUT2D eigenvalue weighted by atomic mass is 9.46. The summed E-state index contributed by atoms with van der Waals surface area (Å²) in [5.74, 6) is 3.18. The van der Waals surface area contributed by atoms with Gasteiger partial charge in [-0.3, -0.25) is 4.79 Å². The highest BCUT2D eigenvalue weighted by Gasteiger charge is 2.77. The molecule has 0 N–H and O–H groups in total. The van der Waals surface area contributed by atoms with Gasteiger partial charge in [-0.25, -0.2) is 0 Å². The molecule has 26 heavy (non-hydrogen) atoms. The van der Waals surface area contributed by atoms with E-state index in [4.69, 9.17) is 9.47 Å². The Morgan fingerprint density at radius 1 is 1.12 bits per heavy atom. The van der Waals surface area contributed by atoms with E-state index in [2.05, 4.69) is 29.5 Å². The second-order valence-electron chi connectivity index (χ2n) is 10.3. The minimum absolute atomic E-state index is 0.0945. The molecule has 5 fully saturated rings. The van der Waals surface area contributed by atoms with E-state index < -0.39 is 0 Å². The molecule has 0 aromatic heterocycles. The highest BCUT2D eigenvalue weighted by molar-refractivity contribution is 14.1. The van der Waals surface area contributed by atoms with Crippen LogP contribution in [0.25, 0.3) is 0 Å². The zero-order valence-electron chi connectivity index (χ0n) is 16.4. The van der Waals surface area contributed by atoms with Crippen LogP contribution in [0.1, 0.15) is 65.2 Å². The monoisotopic (exact) mass is 472 g/mol. The standard InChI is InChI=1S/C22H33IO3/c1-13(24)26-18-5-4-17-15-10-19(25-3)22-11-14(22)6-8-20(22,2)16(15)7-9-21(17,18)12-23/h14-19H,4-12H2,1-3H3/t14-,15-,16+,17+,18+,19-,20-,21-,22+/m1/s1. The lowest BCUT2D eigenvalue weighted by Crippen LogP contribution is -2.58. The number of halogens is 1. The first-order valence-electron chi connectivity index (χ1n) is 10.7. The Kier molecular flexibility index (Phi) is 4.09. The van der Waals surface area contributed by atoms with E-state index in [0.29, 0.717) is 22.9 Å². The molecule has 0 radical (unpaired) electrons. The van der Waals surface area contributed by atoms with Crippen molar-refractivity contribution in [2.45, 2.75) is 77.4 Å². The maximum Gasteiger partial charge on any atom is 0.302 e. The zero-order chi connectivity index (χ0) is 18.3. The van der Waals surface area contributed by atoms with Gasteiger partial charge in [0.25, 0.3) is 0 Å². The summed E-state index contributed by atoms with van der Waals surface area (Å²) in [5, 5.41) is 0. The van der Waals surface area contributed by atoms with E-state index in [-0.39, 0.29) is 17.5 Å². The molecular formula is C22H33IO3. The summed E-state index contributed by atoms with van der Waals surface area (Å²) >= 11 is 2.58. The van der Waals surface area contributed by atoms with E-state index in [1.54, 1.807) is 6.92 Å². The van der Waals surface area contributed by atoms with Crippen molar-refractivity contribution in [2.75, 3.05) is 11.5 Å². The zero-order valence-corrected chi connectivity index (χ0v) is 18.6. The Morgan fingerprint density at radius 2 is 1.92 bits per heavy atom. The fourth-order valence-corrected chi connectivity index (χ4v) is 10.4. The molecule has 4 heteroatoms. The molecule has 5 aliphatic rings. The molecule has 9 atom stereocenters. The van der Waals surface area contributed by atoms with Crippen LogP contribution >= 0.6 is 22.6 Å². The van der Waals surface area contributed by atoms with Crippen LogP contribution in [0.15, 0.2) is 0 Å². The summed E-state index contributed by atoms with van der Waals surface area (Å²) in [4.78, 5) is 11.7. The van der Waals surface area contributed by atoms with Gasteiger partial charge in [0.1, 0.15) is 6.10 Å². The Hall–Kier alpha value is 0.160. The first-order valence-corrected chi connectivity index (χ1v) is 12.2. The molecule has 1 spiro atoms. The lowest BCUT2D eigenvalue weighted by Gasteiger charge is -2.60. The number of hydrogen-bond acceptors (Lipinski definition) is 3. The Balaban J connectivity index is 1.50. The van der Waals surface area contributed by atoms with E-state index in [0.717, 1.165) is 28.6 Å². The van der Waals surface area contributed by atoms with Crippen LogP contribution in [0.2, 0.25) is 0 Å². The molecule has 0 aromatic rings. The van der Waals surface area contributed by atoms with Gasteiger partial charge in [0.05, 0.1) is 6.10 Å². The van der Waals surface area contributed by atoms with Crippen LogP contribution in [0.4, 0.5) is 0 Å². The fourth-order valence-electron chi connectivity index (χ4n) is 8.97. The van der Waals surface area contributed by atoms with Crippen LogP contribution in [-0.2, 0) is 14.3 Å². The van der Waals surface area contributed by atoms with Crippen LogP contribution in [0.5, 0.6) is 0 Å². The number of ether oxygens (including phenoxy) is 2. The average Bonchev–Trinajstić information content (AvgIpc) is 3.13. The molecule has 0 aliphatic heterocycles. The number of hydrogen-bond donors (Lipinski definition) is 0. The molecule has 0 heterocycles. The minimum Gasteiger partial charge on any atom is -0.462 e. The molecule has 0 amide bonds. The summed E-state index contributed by atoms with van der Waals surface area (Å²) in [6.07, 6.45) is 11.0. The number of esters is 1. The molecule has 0 saturated heterocycles. The van der Waals surface area contributed by atoms with E-state index >= 15 is 0 Å². The minimum atomic E-state index is -0.0945. The predicted molar refractivity (Wildman–Crippen MR) is 109 cm³/mol. The van der Waals surface area contributed by atoms with Crippen LogP contribution < -0.4 is 0 Å². The molecule has 3 nitrogen and oxygen atoms in total. The van der Waals surface area contributed by atoms with Crippen LogP contribution in [0, 0.1) is 39.9 Å². The maximum absolute atomic E-state index is 11.7. The lowest BCUT2D eigenvalue weighted by molar-refractivity contribution is -0.173. The Bertz CT molecular complexity index is 623. The Labute approximate surface area is 171 Å². The second kappa shape index (κ2) is 5.84. The van der Waals surface area contributed by atoms with Crippen LogP contribution in [0.3, 0.4) is 0 Å². The smallest absolute Gasteiger partial charge is 0.302 e. The van der Waals surface area contributed by atoms with Crippen molar-refractivity contribution in [2.24, 2.45) is 39.9 Å². The Morgan fingerprint density at radius 3 is 2.58 bits per heavy atom. The van der Waals surface area contributed by atoms with Crippen molar-refractivity contribution >= 4 is 28.6 Å². The van der Waals surface area contributed by atoms with E-state index in [1.807, 2.05) is 7.11 Å². The van der Waals surface area contributed by atoms with Crippen molar-refractivity contribution in [3.8, 4) is 0 Å². The average molecular weight is 472 g/mol. The summed E-state index contributed by atoms with van der Waals surface area (Å²) in [5.41, 5.74) is 1.20. The van der Waals surface area contributed by atoms with Gasteiger partial charge in [0, 0.05) is 29.3 Å². The molecule has 0 bridgehead atoms. The van der Waals surface area contributed by atoms with Crippen molar-refractivity contribution < 1.29 is 14.3 Å². The van der Waals surface area contributed by atoms with Crippen molar-refractivity contribution in [1.82, 2.24) is 0 Å². The molecule has 0 aromatic carbocycles. The number of alkyl halides is 1. The number of carbonyl (C=O) groups excluding carboxylic acids is 1. The van der Waals surface area contributed by atoms with Gasteiger partial charge in [-0.05, 0) is 80.5 Å². The fraction of sp³-hybridized carbons (Fsp3) is 0.955. The first-order chi connectivity index (χ1) is 12.4. The molecular weight excluding hydrogens is 439 g/mol. The van der Waals surface area contributed by atoms with Crippen molar-refractivity contribution in [3.05, 3.63) is 0 Å². The molecule has 5 saturated carbocycles. The molecule has 5 rings (SSSR count). The highest BCUT2D eigenvalue weighted by atomic mass is 127. The van der Waals surface area contributed by atoms with E-state index in [9.17, 15) is 4.79 Å². The van der Waals surface area contributed by atoms with Gasteiger partial charge in [0.2, 0.25) is 0 Å². The van der Waals surface area contributed by atoms with Gasteiger partial charge >= 0.3 is 5.97 Å². The largest absolute Gasteiger partial charge is 0.462 e. The quantitative estimate of drug-likeness (QED) is 0.330. The van der Waals surface area contributed by atoms with Crippen molar-refractivity contribution in [1.29, 1.82) is 0 Å². The summed E-state index contributed by atoms with van der Waals surface area (Å²) in [6.45, 7) is 4.20. The highest BCUT2D eigenvalue weighted by Crippen LogP contribution is 2.82. The molecule has 5 aliphatic carbocycles. The number of methoxy groups -OCH3 is 1. The molecule has 0 unspecified atom stereocenters. The van der Waals surface area contributed by atoms with Gasteiger partial charge in [-0.1, -0.05) is 29.5 Å². The normalized spacial score (nSPS) is 56.9. The summed E-state index contributed by atoms with van der Waals surface area (Å²) in [7, 11) is 1.96. The van der Waals surface area contributed by atoms with Gasteiger partial charge in [-0.15, -0.1) is 0 Å². The van der Waals surface area contributed by atoms with E-state index in [1.165, 1.54) is 44.9 Å². The van der Waals surface area contributed by atoms with Gasteiger partial charge in [-0.2, -0.15) is 0 Å². The van der Waals surface area contributed by atoms with Gasteiger partial charge in [0.15, 0.2) is 0 Å². The van der Waals surface area contributed by atoms with Crippen LogP contribution in [-0.4, -0.2) is 29.7 Å². The third-order valence-electron chi connectivity index (χ3n) is 10.0. The number of fused-ring (bicyclic) bond motifs is 4. The van der Waals surface area contributed by atoms with Crippen molar-refractivity contribution in [3.63, 3.8) is 0 Å². The third kappa shape index (κ3) is 2.02. The number of carbonyl (C=O) groups is 1. The summed E-state index contributed by atoms with van der Waals surface area (Å²) in [6, 6.07) is 0. The topological polar surface area (TPSA) is 35.5 Å². The molecule has 146 valence electrons. The predicted octanol–water partition coefficient (Wildman–Crippen LogP) is 5.00. The van der Waals surface area contributed by atoms with Gasteiger partial charge < -0.3 is 9.47 Å².